The molecule has 232 valence electrons. The van der Waals surface area contributed by atoms with Gasteiger partial charge in [0.1, 0.15) is 11.3 Å². The first-order valence-corrected chi connectivity index (χ1v) is 16.5. The van der Waals surface area contributed by atoms with Crippen molar-refractivity contribution >= 4 is 72.2 Å². The van der Waals surface area contributed by atoms with Crippen molar-refractivity contribution in [2.75, 3.05) is 5.32 Å². The topological polar surface area (TPSA) is 39.3 Å². The number of ether oxygens (including phenoxy) is 1. The number of nitrogens with one attached hydrogen (secondary N) is 1. The zero-order valence-corrected chi connectivity index (χ0v) is 26.6. The lowest BCUT2D eigenvalue weighted by atomic mass is 9.97. The van der Waals surface area contributed by atoms with E-state index in [1.165, 1.54) is 37.8 Å². The van der Waals surface area contributed by atoms with Crippen LogP contribution in [0.1, 0.15) is 23.1 Å². The molecule has 7 aromatic carbocycles. The van der Waals surface area contributed by atoms with Crippen LogP contribution in [0.25, 0.3) is 83.3 Å². The van der Waals surface area contributed by atoms with Crippen LogP contribution in [-0.2, 0) is 0 Å². The van der Waals surface area contributed by atoms with Crippen LogP contribution in [0.5, 0.6) is 5.75 Å². The third-order valence-corrected chi connectivity index (χ3v) is 9.94. The van der Waals surface area contributed by atoms with Crippen LogP contribution in [0.4, 0.5) is 5.69 Å². The monoisotopic (exact) mass is 630 g/mol. The Morgan fingerprint density at radius 1 is 0.633 bits per heavy atom. The molecule has 4 heteroatoms. The van der Waals surface area contributed by atoms with E-state index in [1.54, 1.807) is 6.08 Å². The molecule has 0 amide bonds. The smallest absolute Gasteiger partial charge is 0.196 e. The lowest BCUT2D eigenvalue weighted by Crippen LogP contribution is -2.10. The highest BCUT2D eigenvalue weighted by atomic mass is 16.5. The average molecular weight is 631 g/mol. The van der Waals surface area contributed by atoms with Gasteiger partial charge in [0.25, 0.3) is 0 Å². The second-order valence-electron chi connectivity index (χ2n) is 12.7. The van der Waals surface area contributed by atoms with E-state index in [2.05, 4.69) is 157 Å². The van der Waals surface area contributed by atoms with Gasteiger partial charge in [-0.05, 0) is 75.6 Å². The number of fused-ring (bicyclic) bond motifs is 8. The second kappa shape index (κ2) is 10.5. The van der Waals surface area contributed by atoms with Gasteiger partial charge in [0.05, 0.1) is 22.1 Å². The first-order chi connectivity index (χ1) is 24.2. The molecule has 0 radical (unpaired) electrons. The van der Waals surface area contributed by atoms with Gasteiger partial charge in [-0.2, -0.15) is 0 Å². The first kappa shape index (κ1) is 27.6. The van der Waals surface area contributed by atoms with E-state index in [1.807, 2.05) is 6.08 Å². The summed E-state index contributed by atoms with van der Waals surface area (Å²) in [4.78, 5) is 0. The van der Waals surface area contributed by atoms with Crippen molar-refractivity contribution in [3.05, 3.63) is 164 Å². The van der Waals surface area contributed by atoms with Gasteiger partial charge in [-0.3, -0.25) is 0 Å². The Morgan fingerprint density at radius 2 is 1.35 bits per heavy atom. The van der Waals surface area contributed by atoms with Crippen LogP contribution in [0.2, 0.25) is 0 Å². The number of rotatable bonds is 5. The molecule has 0 fully saturated rings. The summed E-state index contributed by atoms with van der Waals surface area (Å²) in [6, 6.07) is 47.5. The summed E-state index contributed by atoms with van der Waals surface area (Å²) < 4.78 is 15.6. The highest BCUT2D eigenvalue weighted by molar-refractivity contribution is 6.14. The van der Waals surface area contributed by atoms with Crippen molar-refractivity contribution in [1.82, 2.24) is 4.57 Å². The Kier molecular flexibility index (Phi) is 5.91. The Morgan fingerprint density at radius 3 is 2.12 bits per heavy atom. The van der Waals surface area contributed by atoms with Gasteiger partial charge in [-0.25, -0.2) is 0 Å². The summed E-state index contributed by atoms with van der Waals surface area (Å²) in [6.45, 7) is 8.11. The Balaban J connectivity index is 1.18. The van der Waals surface area contributed by atoms with Gasteiger partial charge in [0.2, 0.25) is 0 Å². The van der Waals surface area contributed by atoms with Crippen LogP contribution in [0.3, 0.4) is 0 Å². The van der Waals surface area contributed by atoms with Crippen molar-refractivity contribution in [1.29, 1.82) is 0 Å². The van der Waals surface area contributed by atoms with Crippen molar-refractivity contribution in [3.8, 4) is 22.6 Å². The summed E-state index contributed by atoms with van der Waals surface area (Å²) in [5, 5.41) is 11.9. The molecule has 0 aliphatic carbocycles. The average Bonchev–Trinajstić information content (AvgIpc) is 3.85. The molecule has 4 nitrogen and oxygen atoms in total. The van der Waals surface area contributed by atoms with Gasteiger partial charge < -0.3 is 19.0 Å². The van der Waals surface area contributed by atoms with Crippen molar-refractivity contribution in [2.24, 2.45) is 0 Å². The predicted octanol–water partition coefficient (Wildman–Crippen LogP) is 12.3. The van der Waals surface area contributed by atoms with Crippen LogP contribution in [0, 0.1) is 0 Å². The van der Waals surface area contributed by atoms with Crippen molar-refractivity contribution in [3.63, 3.8) is 0 Å². The lowest BCUT2D eigenvalue weighted by Gasteiger charge is -2.14. The minimum Gasteiger partial charge on any atom is -0.463 e. The number of nitrogens with zero attached hydrogens (tertiary/aromatic N) is 1. The fourth-order valence-corrected chi connectivity index (χ4v) is 7.64. The number of furan rings is 1. The molecule has 1 aliphatic heterocycles. The number of aromatic nitrogens is 1. The predicted molar refractivity (Wildman–Crippen MR) is 205 cm³/mol. The summed E-state index contributed by atoms with van der Waals surface area (Å²) in [6.07, 6.45) is 3.13. The van der Waals surface area contributed by atoms with E-state index in [0.717, 1.165) is 55.9 Å². The lowest BCUT2D eigenvalue weighted by molar-refractivity contribution is 0.263. The molecule has 2 aromatic heterocycles. The van der Waals surface area contributed by atoms with E-state index in [-0.39, 0.29) is 0 Å². The molecule has 49 heavy (non-hydrogen) atoms. The SMILES string of the molecule is C=Cc1oc2cc(-c3ccc4ccccc4c3)c3c(c2c1C=C)OC(c1ccc2c4cc5ccccc5cc4n(-c4ccccc4)c2c1)N3. The number of anilines is 1. The minimum atomic E-state index is -0.426. The largest absolute Gasteiger partial charge is 0.463 e. The van der Waals surface area contributed by atoms with E-state index < -0.39 is 6.23 Å². The van der Waals surface area contributed by atoms with Crippen LogP contribution >= 0.6 is 0 Å². The molecule has 0 saturated carbocycles. The normalized spacial score (nSPS) is 14.0. The first-order valence-electron chi connectivity index (χ1n) is 16.5. The van der Waals surface area contributed by atoms with Gasteiger partial charge in [0, 0.05) is 33.2 Å². The van der Waals surface area contributed by atoms with Crippen LogP contribution in [0.15, 0.2) is 151 Å². The fraction of sp³-hybridized carbons (Fsp3) is 0.0222. The molecule has 0 spiro atoms. The highest BCUT2D eigenvalue weighted by Crippen LogP contribution is 2.52. The number of hydrogen-bond donors (Lipinski definition) is 1. The van der Waals surface area contributed by atoms with Crippen LogP contribution < -0.4 is 10.1 Å². The molecule has 10 rings (SSSR count). The van der Waals surface area contributed by atoms with Gasteiger partial charge >= 0.3 is 0 Å². The van der Waals surface area contributed by atoms with E-state index >= 15 is 0 Å². The number of benzene rings is 7. The maximum atomic E-state index is 6.93. The molecule has 1 N–H and O–H groups in total. The number of para-hydroxylation sites is 1. The summed E-state index contributed by atoms with van der Waals surface area (Å²) in [5.41, 5.74) is 9.08. The van der Waals surface area contributed by atoms with E-state index in [0.29, 0.717) is 5.76 Å². The second-order valence-corrected chi connectivity index (χ2v) is 12.7. The molecule has 1 unspecified atom stereocenters. The molecule has 0 bridgehead atoms. The maximum absolute atomic E-state index is 6.93. The zero-order valence-electron chi connectivity index (χ0n) is 26.6. The molecule has 1 aliphatic rings. The summed E-state index contributed by atoms with van der Waals surface area (Å²) in [5.74, 6) is 1.43. The maximum Gasteiger partial charge on any atom is 0.196 e. The molecule has 0 saturated heterocycles. The van der Waals surface area contributed by atoms with E-state index in [4.69, 9.17) is 9.15 Å². The number of hydrogen-bond acceptors (Lipinski definition) is 3. The molecular formula is C45H30N2O2. The van der Waals surface area contributed by atoms with Gasteiger partial charge in [0.15, 0.2) is 12.0 Å². The van der Waals surface area contributed by atoms with Crippen LogP contribution in [-0.4, -0.2) is 4.57 Å². The van der Waals surface area contributed by atoms with Crippen molar-refractivity contribution in [2.45, 2.75) is 6.23 Å². The van der Waals surface area contributed by atoms with Gasteiger partial charge in [-0.15, -0.1) is 0 Å². The van der Waals surface area contributed by atoms with Gasteiger partial charge in [-0.1, -0.05) is 110 Å². The molecular weight excluding hydrogens is 601 g/mol. The molecule has 9 aromatic rings. The van der Waals surface area contributed by atoms with Crippen molar-refractivity contribution < 1.29 is 9.15 Å². The Labute approximate surface area is 282 Å². The third-order valence-electron chi connectivity index (χ3n) is 9.94. The van der Waals surface area contributed by atoms with E-state index in [9.17, 15) is 0 Å². The highest BCUT2D eigenvalue weighted by Gasteiger charge is 2.32. The standard InChI is InChI=1S/C45H30N2O2/c1-3-34-40(4-2)48-41-26-36(31-19-18-27-12-8-9-13-28(27)22-31)43-44(42(34)41)49-45(46-43)32-20-21-35-37-23-29-14-10-11-15-30(29)24-39(37)47(38(35)25-32)33-16-6-5-7-17-33/h3-26,45-46H,1-2H2. The molecule has 3 heterocycles. The summed E-state index contributed by atoms with van der Waals surface area (Å²) in [7, 11) is 0. The Hall–Kier alpha value is -6.52. The zero-order chi connectivity index (χ0) is 32.6. The summed E-state index contributed by atoms with van der Waals surface area (Å²) >= 11 is 0. The minimum absolute atomic E-state index is 0.426. The third kappa shape index (κ3) is 4.11. The molecule has 1 atom stereocenters. The fourth-order valence-electron chi connectivity index (χ4n) is 7.64. The Bertz CT molecular complexity index is 2820. The quantitative estimate of drug-likeness (QED) is 0.206.